The first-order valence-electron chi connectivity index (χ1n) is 8.68. The van der Waals surface area contributed by atoms with Crippen molar-refractivity contribution in [2.75, 3.05) is 27.4 Å². The minimum absolute atomic E-state index is 0.0627. The number of aliphatic hydroxyl groups is 1. The van der Waals surface area contributed by atoms with Gasteiger partial charge in [0.25, 0.3) is 0 Å². The summed E-state index contributed by atoms with van der Waals surface area (Å²) in [5.41, 5.74) is -0.0801. The fraction of sp³-hybridized carbons (Fsp3) is 0.350. The molecule has 29 heavy (non-hydrogen) atoms. The molecule has 0 spiro atoms. The molecule has 1 amide bonds. The van der Waals surface area contributed by atoms with Crippen molar-refractivity contribution < 1.29 is 37.3 Å². The fourth-order valence-corrected chi connectivity index (χ4v) is 2.46. The van der Waals surface area contributed by atoms with E-state index in [1.165, 1.54) is 26.4 Å². The highest BCUT2D eigenvalue weighted by atomic mass is 19.4. The van der Waals surface area contributed by atoms with E-state index in [9.17, 15) is 23.1 Å². The number of carbonyl (C=O) groups is 1. The van der Waals surface area contributed by atoms with Crippen molar-refractivity contribution in [3.8, 4) is 17.2 Å². The second-order valence-electron chi connectivity index (χ2n) is 6.16. The van der Waals surface area contributed by atoms with Crippen molar-refractivity contribution in [1.82, 2.24) is 5.32 Å². The Morgan fingerprint density at radius 1 is 1.07 bits per heavy atom. The average Bonchev–Trinajstić information content (AvgIpc) is 2.70. The molecule has 2 aromatic rings. The highest BCUT2D eigenvalue weighted by Gasteiger charge is 2.30. The Morgan fingerprint density at radius 2 is 1.72 bits per heavy atom. The summed E-state index contributed by atoms with van der Waals surface area (Å²) in [5.74, 6) is 0.926. The monoisotopic (exact) mass is 413 g/mol. The van der Waals surface area contributed by atoms with Crippen LogP contribution in [-0.4, -0.2) is 44.5 Å². The molecule has 0 aliphatic carbocycles. The number of ether oxygens (including phenoxy) is 3. The van der Waals surface area contributed by atoms with E-state index in [1.807, 2.05) is 0 Å². The second-order valence-corrected chi connectivity index (χ2v) is 6.16. The zero-order chi connectivity index (χ0) is 21.4. The van der Waals surface area contributed by atoms with Gasteiger partial charge in [0.2, 0.25) is 5.91 Å². The van der Waals surface area contributed by atoms with Crippen molar-refractivity contribution in [2.24, 2.45) is 0 Å². The van der Waals surface area contributed by atoms with Crippen LogP contribution in [0.4, 0.5) is 13.2 Å². The van der Waals surface area contributed by atoms with Crippen LogP contribution >= 0.6 is 0 Å². The minimum atomic E-state index is -4.42. The number of rotatable bonds is 9. The molecule has 9 heteroatoms. The maximum absolute atomic E-state index is 12.5. The maximum atomic E-state index is 12.5. The van der Waals surface area contributed by atoms with Crippen LogP contribution in [0.3, 0.4) is 0 Å². The lowest BCUT2D eigenvalue weighted by molar-refractivity contribution is -0.137. The summed E-state index contributed by atoms with van der Waals surface area (Å²) in [4.78, 5) is 12.0. The summed E-state index contributed by atoms with van der Waals surface area (Å²) in [6, 6.07) is 9.23. The van der Waals surface area contributed by atoms with Gasteiger partial charge in [0.1, 0.15) is 18.5 Å². The number of carbonyl (C=O) groups excluding carboxylic acids is 1. The molecule has 2 rings (SSSR count). The lowest BCUT2D eigenvalue weighted by Crippen LogP contribution is -2.36. The molecule has 6 nitrogen and oxygen atoms in total. The topological polar surface area (TPSA) is 77.0 Å². The van der Waals surface area contributed by atoms with E-state index in [2.05, 4.69) is 5.32 Å². The Morgan fingerprint density at radius 3 is 2.31 bits per heavy atom. The van der Waals surface area contributed by atoms with Gasteiger partial charge in [-0.1, -0.05) is 6.07 Å². The van der Waals surface area contributed by atoms with Gasteiger partial charge >= 0.3 is 6.18 Å². The summed E-state index contributed by atoms with van der Waals surface area (Å²) in [6.07, 6.45) is -5.37. The van der Waals surface area contributed by atoms with E-state index < -0.39 is 17.8 Å². The SMILES string of the molecule is COc1ccc(CC(=O)NCC(O)COc2ccc(C(F)(F)F)cc2)cc1OC. The molecule has 1 unspecified atom stereocenters. The summed E-state index contributed by atoms with van der Waals surface area (Å²) >= 11 is 0. The van der Waals surface area contributed by atoms with E-state index in [-0.39, 0.29) is 31.2 Å². The average molecular weight is 413 g/mol. The molecule has 158 valence electrons. The number of hydrogen-bond donors (Lipinski definition) is 2. The van der Waals surface area contributed by atoms with Crippen molar-refractivity contribution in [3.63, 3.8) is 0 Å². The molecule has 0 saturated heterocycles. The number of amides is 1. The second kappa shape index (κ2) is 10.0. The van der Waals surface area contributed by atoms with Crippen molar-refractivity contribution in [1.29, 1.82) is 0 Å². The minimum Gasteiger partial charge on any atom is -0.493 e. The van der Waals surface area contributed by atoms with Crippen LogP contribution in [0.2, 0.25) is 0 Å². The molecule has 0 aliphatic rings. The Hall–Kier alpha value is -2.94. The molecule has 0 aliphatic heterocycles. The zero-order valence-electron chi connectivity index (χ0n) is 16.0. The number of aliphatic hydroxyl groups excluding tert-OH is 1. The van der Waals surface area contributed by atoms with Gasteiger partial charge in [-0.2, -0.15) is 13.2 Å². The predicted octanol–water partition coefficient (Wildman–Crippen LogP) is 2.82. The highest BCUT2D eigenvalue weighted by Crippen LogP contribution is 2.30. The van der Waals surface area contributed by atoms with E-state index >= 15 is 0 Å². The molecule has 0 fully saturated rings. The largest absolute Gasteiger partial charge is 0.493 e. The predicted molar refractivity (Wildman–Crippen MR) is 99.2 cm³/mol. The molecule has 2 N–H and O–H groups in total. The quantitative estimate of drug-likeness (QED) is 0.661. The number of halogens is 3. The third-order valence-electron chi connectivity index (χ3n) is 3.97. The standard InChI is InChI=1S/C20H22F3NO5/c1-27-17-8-3-13(9-18(17)28-2)10-19(26)24-11-15(25)12-29-16-6-4-14(5-7-16)20(21,22)23/h3-9,15,25H,10-12H2,1-2H3,(H,24,26). The van der Waals surface area contributed by atoms with Crippen LogP contribution in [0.25, 0.3) is 0 Å². The Balaban J connectivity index is 1.77. The number of nitrogens with one attached hydrogen (secondary N) is 1. The van der Waals surface area contributed by atoms with Crippen molar-refractivity contribution in [3.05, 3.63) is 53.6 Å². The van der Waals surface area contributed by atoms with Crippen molar-refractivity contribution >= 4 is 5.91 Å². The third kappa shape index (κ3) is 6.86. The lowest BCUT2D eigenvalue weighted by Gasteiger charge is -2.14. The molecule has 2 aromatic carbocycles. The van der Waals surface area contributed by atoms with Crippen LogP contribution in [0.5, 0.6) is 17.2 Å². The third-order valence-corrected chi connectivity index (χ3v) is 3.97. The first-order valence-corrected chi connectivity index (χ1v) is 8.68. The van der Waals surface area contributed by atoms with Crippen LogP contribution in [0, 0.1) is 0 Å². The van der Waals surface area contributed by atoms with E-state index in [4.69, 9.17) is 14.2 Å². The van der Waals surface area contributed by atoms with Gasteiger partial charge in [-0.3, -0.25) is 4.79 Å². The molecular formula is C20H22F3NO5. The van der Waals surface area contributed by atoms with Gasteiger partial charge in [0.05, 0.1) is 26.2 Å². The fourth-order valence-electron chi connectivity index (χ4n) is 2.46. The normalized spacial score (nSPS) is 12.2. The summed E-state index contributed by atoms with van der Waals surface area (Å²) in [6.45, 7) is -0.241. The first-order chi connectivity index (χ1) is 13.7. The Labute approximate surface area is 166 Å². The van der Waals surface area contributed by atoms with Crippen LogP contribution in [0.1, 0.15) is 11.1 Å². The molecule has 0 aromatic heterocycles. The van der Waals surface area contributed by atoms with Crippen LogP contribution < -0.4 is 19.5 Å². The summed E-state index contributed by atoms with van der Waals surface area (Å²) in [7, 11) is 3.01. The lowest BCUT2D eigenvalue weighted by atomic mass is 10.1. The van der Waals surface area contributed by atoms with Gasteiger partial charge in [0.15, 0.2) is 11.5 Å². The Bertz CT molecular complexity index is 809. The highest BCUT2D eigenvalue weighted by molar-refractivity contribution is 5.78. The summed E-state index contributed by atoms with van der Waals surface area (Å²) in [5, 5.41) is 12.5. The number of hydrogen-bond acceptors (Lipinski definition) is 5. The van der Waals surface area contributed by atoms with Crippen molar-refractivity contribution in [2.45, 2.75) is 18.7 Å². The zero-order valence-corrected chi connectivity index (χ0v) is 16.0. The maximum Gasteiger partial charge on any atom is 0.416 e. The van der Waals surface area contributed by atoms with E-state index in [0.29, 0.717) is 17.1 Å². The van der Waals surface area contributed by atoms with Crippen LogP contribution in [0.15, 0.2) is 42.5 Å². The number of benzene rings is 2. The Kier molecular flexibility index (Phi) is 7.72. The van der Waals surface area contributed by atoms with Gasteiger partial charge in [-0.25, -0.2) is 0 Å². The van der Waals surface area contributed by atoms with E-state index in [0.717, 1.165) is 12.1 Å². The number of methoxy groups -OCH3 is 2. The van der Waals surface area contributed by atoms with Gasteiger partial charge in [0, 0.05) is 6.54 Å². The van der Waals surface area contributed by atoms with Gasteiger partial charge < -0.3 is 24.6 Å². The smallest absolute Gasteiger partial charge is 0.416 e. The summed E-state index contributed by atoms with van der Waals surface area (Å²) < 4.78 is 53.1. The van der Waals surface area contributed by atoms with Crippen LogP contribution in [-0.2, 0) is 17.4 Å². The first kappa shape index (κ1) is 22.4. The molecule has 0 saturated carbocycles. The molecule has 0 heterocycles. The van der Waals surface area contributed by atoms with E-state index in [1.54, 1.807) is 18.2 Å². The molecule has 0 bridgehead atoms. The molecular weight excluding hydrogens is 391 g/mol. The van der Waals surface area contributed by atoms with Gasteiger partial charge in [-0.15, -0.1) is 0 Å². The number of alkyl halides is 3. The van der Waals surface area contributed by atoms with Gasteiger partial charge in [-0.05, 0) is 42.0 Å². The molecule has 0 radical (unpaired) electrons. The molecule has 1 atom stereocenters.